The van der Waals surface area contributed by atoms with Crippen LogP contribution in [-0.4, -0.2) is 32.4 Å². The molecule has 7 nitrogen and oxygen atoms in total. The summed E-state index contributed by atoms with van der Waals surface area (Å²) in [5.41, 5.74) is 1.26. The Balaban J connectivity index is 1.64. The molecule has 3 aromatic rings. The fourth-order valence-corrected chi connectivity index (χ4v) is 4.07. The van der Waals surface area contributed by atoms with Crippen molar-refractivity contribution in [1.29, 1.82) is 0 Å². The minimum absolute atomic E-state index is 0.0671. The lowest BCUT2D eigenvalue weighted by Crippen LogP contribution is -2.28. The van der Waals surface area contributed by atoms with Gasteiger partial charge in [-0.25, -0.2) is 0 Å². The molecule has 1 amide bonds. The summed E-state index contributed by atoms with van der Waals surface area (Å²) in [6, 6.07) is 15.0. The molecule has 0 bridgehead atoms. The quantitative estimate of drug-likeness (QED) is 0.294. The van der Waals surface area contributed by atoms with Crippen LogP contribution in [-0.2, 0) is 11.3 Å². The molecule has 2 aromatic carbocycles. The standard InChI is InChI=1S/C22H16BrN3O4S/c23-16-5-8-19(28)15(10-16)11-20-21(29)26(13-18-2-1-9-30-18)22(31-20)25-24-12-14-3-6-17(27)7-4-14/h1-12,27-28H,13H2/b20-11-,24-12-,25-22+. The molecule has 1 fully saturated rings. The van der Waals surface area contributed by atoms with Gasteiger partial charge in [-0.3, -0.25) is 9.69 Å². The lowest BCUT2D eigenvalue weighted by atomic mass is 10.2. The first kappa shape index (κ1) is 21.0. The Bertz CT molecular complexity index is 1190. The maximum absolute atomic E-state index is 13.1. The van der Waals surface area contributed by atoms with Crippen LogP contribution in [0, 0.1) is 0 Å². The smallest absolute Gasteiger partial charge is 0.267 e. The number of nitrogens with zero attached hydrogens (tertiary/aromatic N) is 3. The molecule has 0 atom stereocenters. The van der Waals surface area contributed by atoms with Crippen LogP contribution >= 0.6 is 27.7 Å². The molecule has 0 saturated carbocycles. The number of phenols is 2. The Morgan fingerprint density at radius 1 is 1.13 bits per heavy atom. The van der Waals surface area contributed by atoms with Crippen molar-refractivity contribution in [2.75, 3.05) is 0 Å². The van der Waals surface area contributed by atoms with Gasteiger partial charge in [-0.2, -0.15) is 5.10 Å². The summed E-state index contributed by atoms with van der Waals surface area (Å²) in [5, 5.41) is 28.2. The minimum atomic E-state index is -0.264. The van der Waals surface area contributed by atoms with Crippen molar-refractivity contribution in [2.24, 2.45) is 10.2 Å². The van der Waals surface area contributed by atoms with E-state index >= 15 is 0 Å². The van der Waals surface area contributed by atoms with Crippen molar-refractivity contribution in [2.45, 2.75) is 6.54 Å². The van der Waals surface area contributed by atoms with Crippen LogP contribution in [0.15, 0.2) is 84.9 Å². The fraction of sp³-hybridized carbons (Fsp3) is 0.0455. The second-order valence-corrected chi connectivity index (χ2v) is 8.43. The van der Waals surface area contributed by atoms with Gasteiger partial charge in [0.2, 0.25) is 0 Å². The van der Waals surface area contributed by atoms with Crippen molar-refractivity contribution in [3.05, 3.63) is 87.1 Å². The average molecular weight is 498 g/mol. The Labute approximate surface area is 190 Å². The number of aromatic hydroxyl groups is 2. The highest BCUT2D eigenvalue weighted by molar-refractivity contribution is 9.10. The van der Waals surface area contributed by atoms with E-state index in [0.717, 1.165) is 21.8 Å². The maximum Gasteiger partial charge on any atom is 0.267 e. The molecule has 1 aliphatic heterocycles. The Kier molecular flexibility index (Phi) is 6.24. The number of thioether (sulfide) groups is 1. The second-order valence-electron chi connectivity index (χ2n) is 6.50. The van der Waals surface area contributed by atoms with E-state index < -0.39 is 0 Å². The molecule has 4 rings (SSSR count). The topological polar surface area (TPSA) is 98.6 Å². The van der Waals surface area contributed by atoms with Crippen molar-refractivity contribution < 1.29 is 19.4 Å². The van der Waals surface area contributed by atoms with Gasteiger partial charge < -0.3 is 14.6 Å². The minimum Gasteiger partial charge on any atom is -0.508 e. The van der Waals surface area contributed by atoms with Crippen LogP contribution in [0.4, 0.5) is 0 Å². The molecule has 1 aliphatic rings. The first-order valence-electron chi connectivity index (χ1n) is 9.12. The van der Waals surface area contributed by atoms with Crippen molar-refractivity contribution in [3.8, 4) is 11.5 Å². The first-order chi connectivity index (χ1) is 15.0. The van der Waals surface area contributed by atoms with Gasteiger partial charge in [0.15, 0.2) is 5.17 Å². The number of hydrogen-bond acceptors (Lipinski definition) is 7. The van der Waals surface area contributed by atoms with Crippen molar-refractivity contribution >= 4 is 51.1 Å². The van der Waals surface area contributed by atoms with Gasteiger partial charge in [0, 0.05) is 10.0 Å². The third kappa shape index (κ3) is 5.07. The number of carbonyl (C=O) groups is 1. The number of halogens is 1. The molecule has 1 aromatic heterocycles. The number of carbonyl (C=O) groups excluding carboxylic acids is 1. The van der Waals surface area contributed by atoms with Gasteiger partial charge in [-0.15, -0.1) is 5.10 Å². The summed E-state index contributed by atoms with van der Waals surface area (Å²) in [6.07, 6.45) is 4.69. The van der Waals surface area contributed by atoms with Crippen LogP contribution in [0.3, 0.4) is 0 Å². The summed E-state index contributed by atoms with van der Waals surface area (Å²) in [6.45, 7) is 0.203. The predicted octanol–water partition coefficient (Wildman–Crippen LogP) is 4.96. The number of hydrogen-bond donors (Lipinski definition) is 2. The van der Waals surface area contributed by atoms with E-state index in [0.29, 0.717) is 21.4 Å². The zero-order chi connectivity index (χ0) is 21.8. The largest absolute Gasteiger partial charge is 0.508 e. The predicted molar refractivity (Wildman–Crippen MR) is 124 cm³/mol. The molecule has 1 saturated heterocycles. The highest BCUT2D eigenvalue weighted by Gasteiger charge is 2.34. The van der Waals surface area contributed by atoms with Crippen molar-refractivity contribution in [3.63, 3.8) is 0 Å². The third-order valence-electron chi connectivity index (χ3n) is 4.30. The van der Waals surface area contributed by atoms with E-state index in [1.165, 1.54) is 11.1 Å². The van der Waals surface area contributed by atoms with Crippen molar-refractivity contribution in [1.82, 2.24) is 4.90 Å². The van der Waals surface area contributed by atoms with Crippen LogP contribution in [0.1, 0.15) is 16.9 Å². The zero-order valence-corrected chi connectivity index (χ0v) is 18.4. The van der Waals surface area contributed by atoms with E-state index in [2.05, 4.69) is 26.1 Å². The monoisotopic (exact) mass is 497 g/mol. The average Bonchev–Trinajstić information content (AvgIpc) is 3.36. The first-order valence-corrected chi connectivity index (χ1v) is 10.7. The number of benzene rings is 2. The van der Waals surface area contributed by atoms with E-state index in [9.17, 15) is 15.0 Å². The summed E-state index contributed by atoms with van der Waals surface area (Å²) in [7, 11) is 0. The van der Waals surface area contributed by atoms with E-state index in [1.54, 1.807) is 66.9 Å². The molecule has 31 heavy (non-hydrogen) atoms. The molecule has 156 valence electrons. The number of furan rings is 1. The lowest BCUT2D eigenvalue weighted by molar-refractivity contribution is -0.122. The molecular weight excluding hydrogens is 482 g/mol. The SMILES string of the molecule is O=C1/C(=C/c2cc(Br)ccc2O)S/C(=N/N=C\c2ccc(O)cc2)N1Cc1ccco1. The van der Waals surface area contributed by atoms with Crippen LogP contribution in [0.5, 0.6) is 11.5 Å². The molecule has 0 unspecified atom stereocenters. The van der Waals surface area contributed by atoms with E-state index in [-0.39, 0.29) is 24.0 Å². The highest BCUT2D eigenvalue weighted by atomic mass is 79.9. The Hall–Kier alpha value is -3.30. The summed E-state index contributed by atoms with van der Waals surface area (Å²) >= 11 is 4.53. The van der Waals surface area contributed by atoms with Crippen LogP contribution < -0.4 is 0 Å². The molecular formula is C22H16BrN3O4S. The van der Waals surface area contributed by atoms with Crippen LogP contribution in [0.2, 0.25) is 0 Å². The molecule has 0 spiro atoms. The van der Waals surface area contributed by atoms with Gasteiger partial charge in [-0.05, 0) is 78.0 Å². The normalized spacial score (nSPS) is 16.8. The van der Waals surface area contributed by atoms with E-state index in [1.807, 2.05) is 0 Å². The zero-order valence-electron chi connectivity index (χ0n) is 16.0. The second kappa shape index (κ2) is 9.23. The lowest BCUT2D eigenvalue weighted by Gasteiger charge is -2.12. The highest BCUT2D eigenvalue weighted by Crippen LogP contribution is 2.35. The molecule has 0 radical (unpaired) electrons. The number of rotatable bonds is 5. The summed E-state index contributed by atoms with van der Waals surface area (Å²) < 4.78 is 6.16. The fourth-order valence-electron chi connectivity index (χ4n) is 2.77. The Morgan fingerprint density at radius 2 is 1.94 bits per heavy atom. The van der Waals surface area contributed by atoms with Gasteiger partial charge in [0.1, 0.15) is 17.3 Å². The molecule has 0 aliphatic carbocycles. The number of amides is 1. The van der Waals surface area contributed by atoms with E-state index in [4.69, 9.17) is 4.42 Å². The van der Waals surface area contributed by atoms with Gasteiger partial charge in [0.05, 0.1) is 23.9 Å². The van der Waals surface area contributed by atoms with Gasteiger partial charge >= 0.3 is 0 Å². The van der Waals surface area contributed by atoms with Crippen LogP contribution in [0.25, 0.3) is 6.08 Å². The number of phenolic OH excluding ortho intramolecular Hbond substituents is 2. The molecule has 2 heterocycles. The number of amidine groups is 1. The Morgan fingerprint density at radius 3 is 2.68 bits per heavy atom. The maximum atomic E-state index is 13.1. The molecule has 2 N–H and O–H groups in total. The summed E-state index contributed by atoms with van der Waals surface area (Å²) in [5.74, 6) is 0.572. The van der Waals surface area contributed by atoms with Gasteiger partial charge in [0.25, 0.3) is 5.91 Å². The summed E-state index contributed by atoms with van der Waals surface area (Å²) in [4.78, 5) is 14.9. The van der Waals surface area contributed by atoms with Gasteiger partial charge in [-0.1, -0.05) is 15.9 Å². The third-order valence-corrected chi connectivity index (χ3v) is 5.79. The molecule has 9 heteroatoms.